The minimum absolute atomic E-state index is 0.458. The van der Waals surface area contributed by atoms with Crippen LogP contribution in [-0.2, 0) is 13.0 Å². The van der Waals surface area contributed by atoms with Gasteiger partial charge in [-0.1, -0.05) is 35.3 Å². The summed E-state index contributed by atoms with van der Waals surface area (Å²) >= 11 is 12.0. The molecule has 0 spiro atoms. The topological polar surface area (TPSA) is 38.0 Å². The van der Waals surface area contributed by atoms with Crippen molar-refractivity contribution in [1.82, 2.24) is 9.55 Å². The van der Waals surface area contributed by atoms with Crippen LogP contribution in [0.2, 0.25) is 10.0 Å². The Balaban J connectivity index is 2.05. The Morgan fingerprint density at radius 2 is 1.77 bits per heavy atom. The predicted molar refractivity (Wildman–Crippen MR) is 90.7 cm³/mol. The number of halogens is 2. The molecule has 0 aliphatic heterocycles. The lowest BCUT2D eigenvalue weighted by Gasteiger charge is -2.11. The number of imidazole rings is 1. The third-order valence-corrected chi connectivity index (χ3v) is 4.00. The van der Waals surface area contributed by atoms with Gasteiger partial charge in [-0.2, -0.15) is 0 Å². The van der Waals surface area contributed by atoms with Crippen molar-refractivity contribution in [3.05, 3.63) is 63.9 Å². The lowest BCUT2D eigenvalue weighted by molar-refractivity contribution is 0.174. The van der Waals surface area contributed by atoms with Crippen molar-refractivity contribution in [3.8, 4) is 0 Å². The first kappa shape index (κ1) is 15.3. The number of aliphatic hydroxyl groups excluding tert-OH is 1. The van der Waals surface area contributed by atoms with Gasteiger partial charge in [-0.25, -0.2) is 4.98 Å². The van der Waals surface area contributed by atoms with E-state index in [1.165, 1.54) is 0 Å². The number of hydrogen-bond acceptors (Lipinski definition) is 2. The van der Waals surface area contributed by atoms with Crippen LogP contribution < -0.4 is 0 Å². The summed E-state index contributed by atoms with van der Waals surface area (Å²) in [5, 5.41) is 11.2. The Morgan fingerprint density at radius 3 is 2.45 bits per heavy atom. The fraction of sp³-hybridized carbons (Fsp3) is 0.235. The largest absolute Gasteiger partial charge is 0.392 e. The third kappa shape index (κ3) is 3.27. The van der Waals surface area contributed by atoms with Gasteiger partial charge in [0.1, 0.15) is 5.82 Å². The minimum Gasteiger partial charge on any atom is -0.392 e. The second-order valence-electron chi connectivity index (χ2n) is 5.42. The lowest BCUT2D eigenvalue weighted by Crippen LogP contribution is -2.14. The minimum atomic E-state index is -0.458. The average molecular weight is 335 g/mol. The van der Waals surface area contributed by atoms with E-state index in [0.29, 0.717) is 23.0 Å². The van der Waals surface area contributed by atoms with E-state index in [1.807, 2.05) is 47.0 Å². The van der Waals surface area contributed by atoms with Gasteiger partial charge in [-0.15, -0.1) is 0 Å². The van der Waals surface area contributed by atoms with Gasteiger partial charge in [-0.3, -0.25) is 0 Å². The van der Waals surface area contributed by atoms with Crippen LogP contribution in [0.15, 0.2) is 42.5 Å². The zero-order valence-electron chi connectivity index (χ0n) is 12.1. The smallest absolute Gasteiger partial charge is 0.114 e. The summed E-state index contributed by atoms with van der Waals surface area (Å²) in [5.41, 5.74) is 2.95. The number of benzene rings is 2. The number of aliphatic hydroxyl groups is 1. The van der Waals surface area contributed by atoms with Crippen molar-refractivity contribution >= 4 is 34.2 Å². The number of fused-ring (bicyclic) bond motifs is 1. The zero-order valence-corrected chi connectivity index (χ0v) is 13.6. The van der Waals surface area contributed by atoms with Crippen LogP contribution in [0.3, 0.4) is 0 Å². The first-order valence-electron chi connectivity index (χ1n) is 7.10. The molecule has 5 heteroatoms. The van der Waals surface area contributed by atoms with Crippen LogP contribution >= 0.6 is 23.2 Å². The van der Waals surface area contributed by atoms with E-state index >= 15 is 0 Å². The molecule has 0 saturated carbocycles. The summed E-state index contributed by atoms with van der Waals surface area (Å²) in [6, 6.07) is 13.3. The standard InChI is InChI=1S/C17H16Cl2N2O/c1-11(22)10-21-16-9-14(19)6-7-15(16)20-17(21)8-12-2-4-13(18)5-3-12/h2-7,9,11,22H,8,10H2,1H3. The lowest BCUT2D eigenvalue weighted by atomic mass is 10.1. The Hall–Kier alpha value is -1.55. The van der Waals surface area contributed by atoms with Gasteiger partial charge in [0.15, 0.2) is 0 Å². The molecular formula is C17H16Cl2N2O. The van der Waals surface area contributed by atoms with E-state index in [2.05, 4.69) is 4.98 Å². The molecule has 0 aliphatic carbocycles. The van der Waals surface area contributed by atoms with Gasteiger partial charge in [-0.05, 0) is 42.8 Å². The first-order valence-corrected chi connectivity index (χ1v) is 7.85. The molecule has 1 unspecified atom stereocenters. The molecule has 1 aromatic heterocycles. The van der Waals surface area contributed by atoms with Crippen LogP contribution in [0, 0.1) is 0 Å². The maximum absolute atomic E-state index is 9.78. The van der Waals surface area contributed by atoms with Gasteiger partial charge in [0.05, 0.1) is 23.7 Å². The highest BCUT2D eigenvalue weighted by molar-refractivity contribution is 6.31. The second-order valence-corrected chi connectivity index (χ2v) is 6.30. The fourth-order valence-corrected chi connectivity index (χ4v) is 2.83. The molecule has 22 heavy (non-hydrogen) atoms. The summed E-state index contributed by atoms with van der Waals surface area (Å²) in [6.45, 7) is 2.25. The molecule has 3 rings (SSSR count). The Morgan fingerprint density at radius 1 is 1.09 bits per heavy atom. The number of aromatic nitrogens is 2. The van der Waals surface area contributed by atoms with Crippen molar-refractivity contribution in [1.29, 1.82) is 0 Å². The number of hydrogen-bond donors (Lipinski definition) is 1. The SMILES string of the molecule is CC(O)Cn1c(Cc2ccc(Cl)cc2)nc2ccc(Cl)cc21. The molecule has 0 aliphatic rings. The third-order valence-electron chi connectivity index (χ3n) is 3.51. The first-order chi connectivity index (χ1) is 10.5. The highest BCUT2D eigenvalue weighted by atomic mass is 35.5. The molecule has 0 fully saturated rings. The molecule has 2 aromatic carbocycles. The summed E-state index contributed by atoms with van der Waals surface area (Å²) in [4.78, 5) is 4.68. The second kappa shape index (κ2) is 6.29. The van der Waals surface area contributed by atoms with Crippen LogP contribution in [0.4, 0.5) is 0 Å². The van der Waals surface area contributed by atoms with E-state index in [1.54, 1.807) is 6.92 Å². The summed E-state index contributed by atoms with van der Waals surface area (Å²) in [5.74, 6) is 0.903. The summed E-state index contributed by atoms with van der Waals surface area (Å²) < 4.78 is 2.03. The molecule has 1 N–H and O–H groups in total. The number of rotatable bonds is 4. The van der Waals surface area contributed by atoms with Gasteiger partial charge >= 0.3 is 0 Å². The van der Waals surface area contributed by atoms with E-state index in [0.717, 1.165) is 22.4 Å². The zero-order chi connectivity index (χ0) is 15.7. The molecule has 0 bridgehead atoms. The van der Waals surface area contributed by atoms with Crippen molar-refractivity contribution in [2.45, 2.75) is 26.0 Å². The molecule has 114 valence electrons. The van der Waals surface area contributed by atoms with Gasteiger partial charge in [0.2, 0.25) is 0 Å². The average Bonchev–Trinajstić information content (AvgIpc) is 2.78. The Bertz CT molecular complexity index is 794. The van der Waals surface area contributed by atoms with Crippen LogP contribution in [-0.4, -0.2) is 20.8 Å². The highest BCUT2D eigenvalue weighted by Crippen LogP contribution is 2.23. The van der Waals surface area contributed by atoms with Crippen molar-refractivity contribution in [2.75, 3.05) is 0 Å². The maximum Gasteiger partial charge on any atom is 0.114 e. The molecule has 3 aromatic rings. The Kier molecular flexibility index (Phi) is 4.39. The van der Waals surface area contributed by atoms with Crippen LogP contribution in [0.25, 0.3) is 11.0 Å². The van der Waals surface area contributed by atoms with Crippen molar-refractivity contribution < 1.29 is 5.11 Å². The van der Waals surface area contributed by atoms with Crippen LogP contribution in [0.1, 0.15) is 18.3 Å². The molecular weight excluding hydrogens is 319 g/mol. The Labute approximate surface area is 139 Å². The monoisotopic (exact) mass is 334 g/mol. The summed E-state index contributed by atoms with van der Waals surface area (Å²) in [6.07, 6.45) is 0.219. The fourth-order valence-electron chi connectivity index (χ4n) is 2.53. The maximum atomic E-state index is 9.78. The normalized spacial score (nSPS) is 12.7. The molecule has 0 amide bonds. The van der Waals surface area contributed by atoms with E-state index in [9.17, 15) is 5.11 Å². The highest BCUT2D eigenvalue weighted by Gasteiger charge is 2.13. The molecule has 0 saturated heterocycles. The molecule has 0 radical (unpaired) electrons. The quantitative estimate of drug-likeness (QED) is 0.771. The number of nitrogens with zero attached hydrogens (tertiary/aromatic N) is 2. The van der Waals surface area contributed by atoms with Crippen molar-refractivity contribution in [3.63, 3.8) is 0 Å². The van der Waals surface area contributed by atoms with E-state index < -0.39 is 6.10 Å². The molecule has 1 atom stereocenters. The predicted octanol–water partition coefficient (Wildman–Crippen LogP) is 4.31. The van der Waals surface area contributed by atoms with Gasteiger partial charge in [0.25, 0.3) is 0 Å². The summed E-state index contributed by atoms with van der Waals surface area (Å²) in [7, 11) is 0. The van der Waals surface area contributed by atoms with E-state index in [-0.39, 0.29) is 0 Å². The molecule has 1 heterocycles. The van der Waals surface area contributed by atoms with Crippen molar-refractivity contribution in [2.24, 2.45) is 0 Å². The van der Waals surface area contributed by atoms with Gasteiger partial charge in [0, 0.05) is 16.5 Å². The molecule has 3 nitrogen and oxygen atoms in total. The van der Waals surface area contributed by atoms with Gasteiger partial charge < -0.3 is 9.67 Å². The van der Waals surface area contributed by atoms with Crippen LogP contribution in [0.5, 0.6) is 0 Å². The van der Waals surface area contributed by atoms with E-state index in [4.69, 9.17) is 23.2 Å².